The quantitative estimate of drug-likeness (QED) is 0.232. The number of hydrogen-bond acceptors (Lipinski definition) is 7. The number of hydrogen-bond donors (Lipinski definition) is 9. The van der Waals surface area contributed by atoms with Gasteiger partial charge in [-0.05, 0) is 28.1 Å². The van der Waals surface area contributed by atoms with Crippen molar-refractivity contribution in [1.29, 1.82) is 0 Å². The van der Waals surface area contributed by atoms with Gasteiger partial charge in [0.1, 0.15) is 36.3 Å². The molecular weight excluding hydrogens is 488 g/mol. The lowest BCUT2D eigenvalue weighted by Gasteiger charge is -2.41. The Labute approximate surface area is 171 Å². The molecule has 1 aromatic carbocycles. The van der Waals surface area contributed by atoms with Gasteiger partial charge in [-0.2, -0.15) is 0 Å². The van der Waals surface area contributed by atoms with Crippen LogP contribution in [-0.2, 0) is 4.57 Å². The second kappa shape index (κ2) is 8.94. The van der Waals surface area contributed by atoms with Crippen LogP contribution in [0.2, 0.25) is 5.02 Å². The third kappa shape index (κ3) is 5.23. The van der Waals surface area contributed by atoms with Crippen LogP contribution in [0.1, 0.15) is 0 Å². The fraction of sp³-hybridized carbons (Fsp3) is 0.429. The predicted octanol–water partition coefficient (Wildman–Crippen LogP) is -0.779. The first-order chi connectivity index (χ1) is 12.8. The first-order valence-electron chi connectivity index (χ1n) is 7.63. The molecule has 28 heavy (non-hydrogen) atoms. The van der Waals surface area contributed by atoms with Gasteiger partial charge < -0.3 is 49.9 Å². The summed E-state index contributed by atoms with van der Waals surface area (Å²) in [6.07, 6.45) is -7.97. The number of fused-ring (bicyclic) bond motifs is 1. The second-order valence-electron chi connectivity index (χ2n) is 5.99. The zero-order valence-corrected chi connectivity index (χ0v) is 17.0. The number of aromatic nitrogens is 1. The fourth-order valence-corrected chi connectivity index (χ4v) is 3.29. The molecule has 1 aliphatic carbocycles. The van der Waals surface area contributed by atoms with Gasteiger partial charge in [-0.3, -0.25) is 0 Å². The van der Waals surface area contributed by atoms with E-state index in [2.05, 4.69) is 20.9 Å². The summed E-state index contributed by atoms with van der Waals surface area (Å²) in [6, 6.07) is 3.51. The number of rotatable bonds is 2. The number of aliphatic hydroxyl groups is 5. The Morgan fingerprint density at radius 3 is 1.93 bits per heavy atom. The number of aliphatic hydroxyl groups excluding tert-OH is 5. The first-order valence-corrected chi connectivity index (χ1v) is 10.4. The van der Waals surface area contributed by atoms with Crippen molar-refractivity contribution in [3.63, 3.8) is 0 Å². The van der Waals surface area contributed by atoms with Gasteiger partial charge >= 0.3 is 7.82 Å². The maximum atomic E-state index is 10.0. The van der Waals surface area contributed by atoms with Crippen LogP contribution in [0.4, 0.5) is 0 Å². The highest BCUT2D eigenvalue weighted by molar-refractivity contribution is 9.10. The molecule has 6 atom stereocenters. The summed E-state index contributed by atoms with van der Waals surface area (Å²) in [5, 5.41) is 50.0. The highest BCUT2D eigenvalue weighted by atomic mass is 79.9. The normalized spacial score (nSPS) is 30.6. The zero-order chi connectivity index (χ0) is 21.4. The Balaban J connectivity index is 0.000000500. The summed E-state index contributed by atoms with van der Waals surface area (Å²) in [5.74, 6) is 0.241. The maximum Gasteiger partial charge on any atom is 0.466 e. The van der Waals surface area contributed by atoms with E-state index in [1.54, 1.807) is 12.1 Å². The van der Waals surface area contributed by atoms with Crippen LogP contribution in [0.5, 0.6) is 5.75 Å². The lowest BCUT2D eigenvalue weighted by molar-refractivity contribution is -0.216. The summed E-state index contributed by atoms with van der Waals surface area (Å²) < 4.78 is 15.1. The third-order valence-electron chi connectivity index (χ3n) is 4.04. The van der Waals surface area contributed by atoms with Gasteiger partial charge in [0.15, 0.2) is 6.10 Å². The Morgan fingerprint density at radius 2 is 1.43 bits per heavy atom. The van der Waals surface area contributed by atoms with Crippen LogP contribution in [0, 0.1) is 0 Å². The summed E-state index contributed by atoms with van der Waals surface area (Å²) in [7, 11) is -4.64. The molecule has 158 valence electrons. The van der Waals surface area contributed by atoms with E-state index in [4.69, 9.17) is 35.6 Å². The third-order valence-corrected chi connectivity index (χ3v) is 5.32. The van der Waals surface area contributed by atoms with E-state index < -0.39 is 44.4 Å². The van der Waals surface area contributed by atoms with Crippen LogP contribution < -0.4 is 4.74 Å². The molecule has 11 nitrogen and oxygen atoms in total. The lowest BCUT2D eigenvalue weighted by Crippen LogP contribution is -2.65. The van der Waals surface area contributed by atoms with Gasteiger partial charge in [-0.15, -0.1) is 0 Å². The van der Waals surface area contributed by atoms with Crippen LogP contribution in [0.15, 0.2) is 22.8 Å². The van der Waals surface area contributed by atoms with Crippen molar-refractivity contribution in [3.05, 3.63) is 27.8 Å². The van der Waals surface area contributed by atoms with Crippen LogP contribution >= 0.6 is 35.4 Å². The predicted molar refractivity (Wildman–Crippen MR) is 99.7 cm³/mol. The SMILES string of the molecule is O=P(O)(O)O.OC1[C@@H](O)[C@H](O)C(Oc2c[nH]c3ccc(Br)c(Cl)c23)[C@@H](O)[C@H]1O. The second-order valence-corrected chi connectivity index (χ2v) is 8.24. The average molecular weight is 507 g/mol. The molecule has 0 radical (unpaired) electrons. The number of nitrogens with one attached hydrogen (secondary N) is 1. The van der Waals surface area contributed by atoms with E-state index >= 15 is 0 Å². The lowest BCUT2D eigenvalue weighted by atomic mass is 9.85. The first kappa shape index (κ1) is 23.5. The summed E-state index contributed by atoms with van der Waals surface area (Å²) in [6.45, 7) is 0. The van der Waals surface area contributed by atoms with Crippen molar-refractivity contribution in [2.75, 3.05) is 0 Å². The van der Waals surface area contributed by atoms with Gasteiger partial charge in [0, 0.05) is 10.7 Å². The van der Waals surface area contributed by atoms with E-state index in [0.717, 1.165) is 0 Å². The summed E-state index contributed by atoms with van der Waals surface area (Å²) >= 11 is 9.53. The van der Waals surface area contributed by atoms with Crippen LogP contribution in [0.25, 0.3) is 10.9 Å². The molecule has 2 aromatic rings. The van der Waals surface area contributed by atoms with Gasteiger partial charge in [-0.1, -0.05) is 11.6 Å². The van der Waals surface area contributed by atoms with Crippen molar-refractivity contribution < 1.29 is 49.5 Å². The Morgan fingerprint density at radius 1 is 0.964 bits per heavy atom. The number of aromatic amines is 1. The maximum absolute atomic E-state index is 10.0. The summed E-state index contributed by atoms with van der Waals surface area (Å²) in [4.78, 5) is 24.5. The Kier molecular flexibility index (Phi) is 7.51. The smallest absolute Gasteiger partial charge is 0.466 e. The average Bonchev–Trinajstić information content (AvgIpc) is 3.00. The molecule has 1 heterocycles. The monoisotopic (exact) mass is 505 g/mol. The number of H-pyrrole nitrogens is 1. The van der Waals surface area contributed by atoms with Gasteiger partial charge in [0.2, 0.25) is 0 Å². The van der Waals surface area contributed by atoms with Crippen LogP contribution in [0.3, 0.4) is 0 Å². The van der Waals surface area contributed by atoms with E-state index in [1.807, 2.05) is 0 Å². The van der Waals surface area contributed by atoms with Gasteiger partial charge in [0.05, 0.1) is 15.9 Å². The van der Waals surface area contributed by atoms with E-state index in [0.29, 0.717) is 20.4 Å². The number of phosphoric acid groups is 1. The summed E-state index contributed by atoms with van der Waals surface area (Å²) in [5.41, 5.74) is 0.675. The van der Waals surface area contributed by atoms with E-state index in [1.165, 1.54) is 6.20 Å². The molecule has 1 aromatic heterocycles. The van der Waals surface area contributed by atoms with E-state index in [-0.39, 0.29) is 5.75 Å². The van der Waals surface area contributed by atoms with Crippen molar-refractivity contribution >= 4 is 46.3 Å². The minimum atomic E-state index is -4.64. The zero-order valence-electron chi connectivity index (χ0n) is 13.8. The number of halogens is 2. The molecule has 9 N–H and O–H groups in total. The highest BCUT2D eigenvalue weighted by Crippen LogP contribution is 2.38. The van der Waals surface area contributed by atoms with Gasteiger partial charge in [-0.25, -0.2) is 4.57 Å². The molecule has 1 fully saturated rings. The Hall–Kier alpha value is -0.760. The highest BCUT2D eigenvalue weighted by Gasteiger charge is 2.49. The topological polar surface area (TPSA) is 204 Å². The molecule has 1 aliphatic rings. The van der Waals surface area contributed by atoms with Crippen molar-refractivity contribution in [1.82, 2.24) is 4.98 Å². The van der Waals surface area contributed by atoms with Crippen molar-refractivity contribution in [2.24, 2.45) is 0 Å². The molecule has 3 rings (SSSR count). The minimum absolute atomic E-state index is 0.241. The van der Waals surface area contributed by atoms with Crippen molar-refractivity contribution in [2.45, 2.75) is 36.6 Å². The van der Waals surface area contributed by atoms with E-state index in [9.17, 15) is 25.5 Å². The molecule has 14 heteroatoms. The minimum Gasteiger partial charge on any atom is -0.482 e. The molecular formula is C14H18BrClNO10P. The molecule has 0 saturated heterocycles. The molecule has 1 saturated carbocycles. The fourth-order valence-electron chi connectivity index (χ4n) is 2.70. The molecule has 0 bridgehead atoms. The molecule has 0 aliphatic heterocycles. The largest absolute Gasteiger partial charge is 0.482 e. The number of ether oxygens (including phenoxy) is 1. The molecule has 2 unspecified atom stereocenters. The Bertz CT molecular complexity index is 851. The number of benzene rings is 1. The van der Waals surface area contributed by atoms with Gasteiger partial charge in [0.25, 0.3) is 0 Å². The van der Waals surface area contributed by atoms with Crippen molar-refractivity contribution in [3.8, 4) is 5.75 Å². The molecule has 0 amide bonds. The standard InChI is InChI=1S/C14H15BrClNO6.H3O4P/c15-4-1-2-5-7(8(4)16)6(3-17-5)23-14-12(21)10(19)9(18)11(20)13(14)22;1-5(2,3)4/h1-3,9-14,17-22H;(H3,1,2,3,4)/t9?,10-,11+,12-,13-,14?;/m0./s1. The molecule has 0 spiro atoms. The van der Waals surface area contributed by atoms with Crippen LogP contribution in [-0.4, -0.2) is 81.8 Å².